The van der Waals surface area contributed by atoms with E-state index in [0.29, 0.717) is 24.5 Å². The lowest BCUT2D eigenvalue weighted by molar-refractivity contribution is -0.120. The summed E-state index contributed by atoms with van der Waals surface area (Å²) in [5.41, 5.74) is 0.880. The summed E-state index contributed by atoms with van der Waals surface area (Å²) >= 11 is 0. The van der Waals surface area contributed by atoms with Crippen molar-refractivity contribution in [2.45, 2.75) is 6.42 Å². The molecule has 2 rings (SSSR count). The third-order valence-electron chi connectivity index (χ3n) is 3.78. The molecule has 0 fully saturated rings. The zero-order valence-electron chi connectivity index (χ0n) is 15.0. The molecule has 2 aromatic carbocycles. The van der Waals surface area contributed by atoms with E-state index < -0.39 is 23.4 Å². The number of halogens is 2. The van der Waals surface area contributed by atoms with Crippen LogP contribution in [-0.4, -0.2) is 39.1 Å². The van der Waals surface area contributed by atoms with E-state index in [1.165, 1.54) is 0 Å². The first-order valence-electron chi connectivity index (χ1n) is 8.15. The second-order valence-electron chi connectivity index (χ2n) is 5.60. The highest BCUT2D eigenvalue weighted by Gasteiger charge is 2.11. The minimum atomic E-state index is -1.12. The van der Waals surface area contributed by atoms with Gasteiger partial charge in [-0.3, -0.25) is 9.59 Å². The van der Waals surface area contributed by atoms with Gasteiger partial charge >= 0.3 is 0 Å². The Kier molecular flexibility index (Phi) is 7.10. The topological polar surface area (TPSA) is 76.7 Å². The number of rotatable bonds is 8. The number of amides is 2. The van der Waals surface area contributed by atoms with Gasteiger partial charge in [0, 0.05) is 12.1 Å². The molecule has 0 atom stereocenters. The van der Waals surface area contributed by atoms with E-state index in [1.807, 2.05) is 12.1 Å². The third-order valence-corrected chi connectivity index (χ3v) is 3.78. The van der Waals surface area contributed by atoms with Crippen molar-refractivity contribution in [1.82, 2.24) is 10.6 Å². The van der Waals surface area contributed by atoms with Gasteiger partial charge in [-0.1, -0.05) is 6.07 Å². The third kappa shape index (κ3) is 5.67. The van der Waals surface area contributed by atoms with Crippen LogP contribution >= 0.6 is 0 Å². The Labute approximate surface area is 155 Å². The van der Waals surface area contributed by atoms with Gasteiger partial charge in [0.15, 0.2) is 23.1 Å². The van der Waals surface area contributed by atoms with E-state index in [0.717, 1.165) is 23.8 Å². The zero-order chi connectivity index (χ0) is 19.8. The van der Waals surface area contributed by atoms with Gasteiger partial charge in [-0.25, -0.2) is 8.78 Å². The Morgan fingerprint density at radius 2 is 1.67 bits per heavy atom. The fourth-order valence-electron chi connectivity index (χ4n) is 2.34. The molecule has 2 amide bonds. The van der Waals surface area contributed by atoms with Crippen LogP contribution in [0, 0.1) is 11.6 Å². The van der Waals surface area contributed by atoms with Gasteiger partial charge in [0.05, 0.1) is 20.8 Å². The van der Waals surface area contributed by atoms with E-state index in [-0.39, 0.29) is 12.1 Å². The fourth-order valence-corrected chi connectivity index (χ4v) is 2.34. The predicted octanol–water partition coefficient (Wildman–Crippen LogP) is 2.07. The van der Waals surface area contributed by atoms with Crippen LogP contribution in [-0.2, 0) is 11.2 Å². The van der Waals surface area contributed by atoms with Crippen molar-refractivity contribution in [2.75, 3.05) is 27.3 Å². The number of carbonyl (C=O) groups is 2. The lowest BCUT2D eigenvalue weighted by Gasteiger charge is -2.10. The van der Waals surface area contributed by atoms with Crippen molar-refractivity contribution < 1.29 is 27.8 Å². The Morgan fingerprint density at radius 3 is 2.33 bits per heavy atom. The Morgan fingerprint density at radius 1 is 0.926 bits per heavy atom. The van der Waals surface area contributed by atoms with Crippen molar-refractivity contribution in [2.24, 2.45) is 0 Å². The van der Waals surface area contributed by atoms with Crippen LogP contribution in [0.2, 0.25) is 0 Å². The Balaban J connectivity index is 1.77. The first kappa shape index (κ1) is 20.2. The van der Waals surface area contributed by atoms with E-state index in [4.69, 9.17) is 9.47 Å². The maximum absolute atomic E-state index is 13.1. The largest absolute Gasteiger partial charge is 0.493 e. The first-order chi connectivity index (χ1) is 12.9. The van der Waals surface area contributed by atoms with Crippen LogP contribution in [0.5, 0.6) is 11.5 Å². The molecule has 0 bridgehead atoms. The lowest BCUT2D eigenvalue weighted by atomic mass is 10.1. The summed E-state index contributed by atoms with van der Waals surface area (Å²) in [4.78, 5) is 23.6. The van der Waals surface area contributed by atoms with Crippen molar-refractivity contribution in [1.29, 1.82) is 0 Å². The molecule has 0 spiro atoms. The molecule has 0 aromatic heterocycles. The first-order valence-corrected chi connectivity index (χ1v) is 8.15. The van der Waals surface area contributed by atoms with Gasteiger partial charge in [-0.15, -0.1) is 0 Å². The maximum Gasteiger partial charge on any atom is 0.251 e. The van der Waals surface area contributed by atoms with Crippen molar-refractivity contribution >= 4 is 11.8 Å². The van der Waals surface area contributed by atoms with E-state index >= 15 is 0 Å². The Hall–Kier alpha value is -3.16. The number of hydrogen-bond donors (Lipinski definition) is 2. The molecule has 144 valence electrons. The average molecular weight is 378 g/mol. The predicted molar refractivity (Wildman–Crippen MR) is 95.0 cm³/mol. The van der Waals surface area contributed by atoms with Crippen molar-refractivity contribution in [3.8, 4) is 11.5 Å². The molecular weight excluding hydrogens is 358 g/mol. The SMILES string of the molecule is COc1ccc(CCNC(=O)CNC(=O)c2ccc(F)c(F)c2)cc1OC. The van der Waals surface area contributed by atoms with Gasteiger partial charge in [-0.2, -0.15) is 0 Å². The van der Waals surface area contributed by atoms with Crippen LogP contribution in [0.1, 0.15) is 15.9 Å². The van der Waals surface area contributed by atoms with Crippen molar-refractivity contribution in [3.05, 3.63) is 59.2 Å². The van der Waals surface area contributed by atoms with Crippen LogP contribution in [0.25, 0.3) is 0 Å². The molecule has 0 saturated heterocycles. The maximum atomic E-state index is 13.1. The molecule has 8 heteroatoms. The quantitative estimate of drug-likeness (QED) is 0.737. The number of hydrogen-bond acceptors (Lipinski definition) is 4. The summed E-state index contributed by atoms with van der Waals surface area (Å²) in [6.45, 7) is 0.0825. The highest BCUT2D eigenvalue weighted by molar-refractivity contribution is 5.96. The minimum absolute atomic E-state index is 0.0629. The summed E-state index contributed by atoms with van der Waals surface area (Å²) in [5.74, 6) is -2.01. The monoisotopic (exact) mass is 378 g/mol. The second kappa shape index (κ2) is 9.51. The van der Waals surface area contributed by atoms with E-state index in [2.05, 4.69) is 10.6 Å². The molecule has 0 aliphatic heterocycles. The molecule has 0 unspecified atom stereocenters. The number of benzene rings is 2. The highest BCUT2D eigenvalue weighted by atomic mass is 19.2. The molecule has 2 N–H and O–H groups in total. The average Bonchev–Trinajstić information content (AvgIpc) is 2.68. The molecule has 0 aliphatic rings. The Bertz CT molecular complexity index is 827. The summed E-state index contributed by atoms with van der Waals surface area (Å²) < 4.78 is 36.4. The summed E-state index contributed by atoms with van der Waals surface area (Å²) in [5, 5.41) is 5.02. The van der Waals surface area contributed by atoms with Gasteiger partial charge in [-0.05, 0) is 42.3 Å². The van der Waals surface area contributed by atoms with Crippen LogP contribution in [0.3, 0.4) is 0 Å². The fraction of sp³-hybridized carbons (Fsp3) is 0.263. The number of carbonyl (C=O) groups excluding carboxylic acids is 2. The van der Waals surface area contributed by atoms with Gasteiger partial charge in [0.2, 0.25) is 5.91 Å². The smallest absolute Gasteiger partial charge is 0.251 e. The van der Waals surface area contributed by atoms with Gasteiger partial charge in [0.1, 0.15) is 0 Å². The number of nitrogens with one attached hydrogen (secondary N) is 2. The summed E-state index contributed by atoms with van der Waals surface area (Å²) in [6.07, 6.45) is 0.559. The van der Waals surface area contributed by atoms with E-state index in [9.17, 15) is 18.4 Å². The molecule has 0 saturated carbocycles. The van der Waals surface area contributed by atoms with Crippen LogP contribution in [0.4, 0.5) is 8.78 Å². The second-order valence-corrected chi connectivity index (χ2v) is 5.60. The van der Waals surface area contributed by atoms with Crippen molar-refractivity contribution in [3.63, 3.8) is 0 Å². The molecule has 0 radical (unpaired) electrons. The van der Waals surface area contributed by atoms with Crippen LogP contribution in [0.15, 0.2) is 36.4 Å². The minimum Gasteiger partial charge on any atom is -0.493 e. The molecule has 0 heterocycles. The number of methoxy groups -OCH3 is 2. The van der Waals surface area contributed by atoms with Gasteiger partial charge < -0.3 is 20.1 Å². The molecular formula is C19H20F2N2O4. The highest BCUT2D eigenvalue weighted by Crippen LogP contribution is 2.27. The van der Waals surface area contributed by atoms with Gasteiger partial charge in [0.25, 0.3) is 5.91 Å². The van der Waals surface area contributed by atoms with E-state index in [1.54, 1.807) is 20.3 Å². The lowest BCUT2D eigenvalue weighted by Crippen LogP contribution is -2.37. The molecule has 6 nitrogen and oxygen atoms in total. The molecule has 2 aromatic rings. The molecule has 27 heavy (non-hydrogen) atoms. The number of ether oxygens (including phenoxy) is 2. The zero-order valence-corrected chi connectivity index (χ0v) is 15.0. The molecule has 0 aliphatic carbocycles. The normalized spacial score (nSPS) is 10.2. The summed E-state index contributed by atoms with van der Waals surface area (Å²) in [6, 6.07) is 8.22. The standard InChI is InChI=1S/C19H20F2N2O4/c1-26-16-6-3-12(9-17(16)27-2)7-8-22-18(24)11-23-19(25)13-4-5-14(20)15(21)10-13/h3-6,9-10H,7-8,11H2,1-2H3,(H,22,24)(H,23,25). The van der Waals surface area contributed by atoms with Crippen LogP contribution < -0.4 is 20.1 Å². The summed E-state index contributed by atoms with van der Waals surface area (Å²) in [7, 11) is 3.09.